The number of carbonyl (C=O) groups is 1. The van der Waals surface area contributed by atoms with Gasteiger partial charge < -0.3 is 20.5 Å². The van der Waals surface area contributed by atoms with Gasteiger partial charge in [0, 0.05) is 18.3 Å². The Hall–Kier alpha value is -2.45. The second-order valence-corrected chi connectivity index (χ2v) is 4.68. The van der Waals surface area contributed by atoms with E-state index in [1.807, 2.05) is 0 Å². The smallest absolute Gasteiger partial charge is 0.274 e. The molecule has 0 spiro atoms. The fraction of sp³-hybridized carbons (Fsp3) is 0.250. The Kier molecular flexibility index (Phi) is 8.59. The number of nitrogens with one attached hydrogen (secondary N) is 1. The van der Waals surface area contributed by atoms with Crippen molar-refractivity contribution in [2.45, 2.75) is 6.43 Å². The molecule has 1 aromatic heterocycles. The van der Waals surface area contributed by atoms with Gasteiger partial charge in [-0.3, -0.25) is 4.79 Å². The molecule has 9 heteroatoms. The number of halogens is 3. The van der Waals surface area contributed by atoms with E-state index in [0.29, 0.717) is 24.6 Å². The minimum Gasteiger partial charge on any atom is -0.492 e. The Morgan fingerprint density at radius 2 is 1.88 bits per heavy atom. The van der Waals surface area contributed by atoms with Gasteiger partial charge in [-0.1, -0.05) is 6.07 Å². The van der Waals surface area contributed by atoms with E-state index in [-0.39, 0.29) is 24.0 Å². The molecule has 0 saturated carbocycles. The zero-order valence-corrected chi connectivity index (χ0v) is 14.0. The minimum atomic E-state index is -2.61. The Morgan fingerprint density at radius 1 is 1.16 bits per heavy atom. The summed E-state index contributed by atoms with van der Waals surface area (Å²) < 4.78 is 34.4. The van der Waals surface area contributed by atoms with E-state index >= 15 is 0 Å². The molecule has 6 nitrogen and oxygen atoms in total. The normalized spacial score (nSPS) is 10.1. The number of benzene rings is 1. The van der Waals surface area contributed by atoms with Gasteiger partial charge in [0.15, 0.2) is 6.61 Å². The SMILES string of the molecule is Cl.NCCOc1ccc(NC(=O)c2cccc(OCC(F)F)n2)cc1. The molecule has 0 aliphatic carbocycles. The topological polar surface area (TPSA) is 86.5 Å². The van der Waals surface area contributed by atoms with Crippen molar-refractivity contribution in [2.75, 3.05) is 25.1 Å². The molecule has 0 aliphatic rings. The van der Waals surface area contributed by atoms with Gasteiger partial charge in [0.05, 0.1) is 0 Å². The van der Waals surface area contributed by atoms with E-state index < -0.39 is 18.9 Å². The summed E-state index contributed by atoms with van der Waals surface area (Å²) in [6.07, 6.45) is -2.61. The number of alkyl halides is 2. The molecule has 0 aliphatic heterocycles. The van der Waals surface area contributed by atoms with Crippen LogP contribution in [0, 0.1) is 0 Å². The van der Waals surface area contributed by atoms with Gasteiger partial charge in [-0.2, -0.15) is 0 Å². The second kappa shape index (κ2) is 10.4. The average molecular weight is 374 g/mol. The average Bonchev–Trinajstić information content (AvgIpc) is 2.59. The van der Waals surface area contributed by atoms with Gasteiger partial charge in [0.25, 0.3) is 12.3 Å². The Balaban J connectivity index is 0.00000312. The predicted octanol–water partition coefficient (Wildman–Crippen LogP) is 2.74. The number of ether oxygens (including phenoxy) is 2. The maximum atomic E-state index is 12.1. The Bertz CT molecular complexity index is 672. The van der Waals surface area contributed by atoms with Crippen LogP contribution in [0.3, 0.4) is 0 Å². The number of carbonyl (C=O) groups excluding carboxylic acids is 1. The molecular formula is C16H18ClF2N3O3. The van der Waals surface area contributed by atoms with Crippen LogP contribution in [0.4, 0.5) is 14.5 Å². The summed E-state index contributed by atoms with van der Waals surface area (Å²) >= 11 is 0. The third-order valence-corrected chi connectivity index (χ3v) is 2.81. The first kappa shape index (κ1) is 20.6. The molecule has 25 heavy (non-hydrogen) atoms. The molecular weight excluding hydrogens is 356 g/mol. The molecule has 0 radical (unpaired) electrons. The van der Waals surface area contributed by atoms with Crippen LogP contribution in [0.2, 0.25) is 0 Å². The summed E-state index contributed by atoms with van der Waals surface area (Å²) in [6.45, 7) is 0.0392. The van der Waals surface area contributed by atoms with Crippen molar-refractivity contribution < 1.29 is 23.0 Å². The van der Waals surface area contributed by atoms with Crippen molar-refractivity contribution in [3.8, 4) is 11.6 Å². The van der Waals surface area contributed by atoms with Gasteiger partial charge in [-0.25, -0.2) is 13.8 Å². The van der Waals surface area contributed by atoms with E-state index in [1.165, 1.54) is 18.2 Å². The van der Waals surface area contributed by atoms with E-state index in [0.717, 1.165) is 0 Å². The number of rotatable bonds is 8. The molecule has 0 atom stereocenters. The van der Waals surface area contributed by atoms with Gasteiger partial charge in [-0.15, -0.1) is 12.4 Å². The summed E-state index contributed by atoms with van der Waals surface area (Å²) in [6, 6.07) is 11.1. The summed E-state index contributed by atoms with van der Waals surface area (Å²) in [5.74, 6) is 0.126. The lowest BCUT2D eigenvalue weighted by molar-refractivity contribution is 0.0794. The number of aromatic nitrogens is 1. The zero-order valence-electron chi connectivity index (χ0n) is 13.2. The van der Waals surface area contributed by atoms with Crippen molar-refractivity contribution in [3.63, 3.8) is 0 Å². The Labute approximate surface area is 149 Å². The molecule has 3 N–H and O–H groups in total. The van der Waals surface area contributed by atoms with Gasteiger partial charge in [0.2, 0.25) is 5.88 Å². The van der Waals surface area contributed by atoms with Crippen molar-refractivity contribution in [2.24, 2.45) is 5.73 Å². The van der Waals surface area contributed by atoms with Gasteiger partial charge >= 0.3 is 0 Å². The highest BCUT2D eigenvalue weighted by Crippen LogP contribution is 2.17. The predicted molar refractivity (Wildman–Crippen MR) is 91.9 cm³/mol. The lowest BCUT2D eigenvalue weighted by Crippen LogP contribution is -2.15. The lowest BCUT2D eigenvalue weighted by atomic mass is 10.2. The molecule has 0 unspecified atom stereocenters. The zero-order chi connectivity index (χ0) is 17.4. The maximum Gasteiger partial charge on any atom is 0.274 e. The van der Waals surface area contributed by atoms with Crippen LogP contribution in [0.15, 0.2) is 42.5 Å². The van der Waals surface area contributed by atoms with E-state index in [4.69, 9.17) is 15.2 Å². The molecule has 1 amide bonds. The molecule has 2 aromatic rings. The first-order valence-corrected chi connectivity index (χ1v) is 7.21. The number of nitrogens with two attached hydrogens (primary N) is 1. The Morgan fingerprint density at radius 3 is 2.52 bits per heavy atom. The first-order valence-electron chi connectivity index (χ1n) is 7.21. The summed E-state index contributed by atoms with van der Waals surface area (Å²) in [7, 11) is 0. The maximum absolute atomic E-state index is 12.1. The molecule has 136 valence electrons. The second-order valence-electron chi connectivity index (χ2n) is 4.68. The van der Waals surface area contributed by atoms with Crippen LogP contribution in [-0.2, 0) is 0 Å². The number of hydrogen-bond donors (Lipinski definition) is 2. The molecule has 0 fully saturated rings. The quantitative estimate of drug-likeness (QED) is 0.743. The highest BCUT2D eigenvalue weighted by atomic mass is 35.5. The summed E-state index contributed by atoms with van der Waals surface area (Å²) in [5.41, 5.74) is 5.95. The third kappa shape index (κ3) is 6.90. The number of hydrogen-bond acceptors (Lipinski definition) is 5. The fourth-order valence-electron chi connectivity index (χ4n) is 1.78. The number of pyridine rings is 1. The van der Waals surface area contributed by atoms with Gasteiger partial charge in [0.1, 0.15) is 18.1 Å². The summed E-state index contributed by atoms with van der Waals surface area (Å²) in [5, 5.41) is 2.65. The highest BCUT2D eigenvalue weighted by molar-refractivity contribution is 6.02. The van der Waals surface area contributed by atoms with Crippen molar-refractivity contribution in [1.29, 1.82) is 0 Å². The highest BCUT2D eigenvalue weighted by Gasteiger charge is 2.10. The number of amides is 1. The minimum absolute atomic E-state index is 0. The monoisotopic (exact) mass is 373 g/mol. The number of anilines is 1. The van der Waals surface area contributed by atoms with E-state index in [1.54, 1.807) is 24.3 Å². The van der Waals surface area contributed by atoms with Crippen LogP contribution in [-0.4, -0.2) is 37.1 Å². The first-order chi connectivity index (χ1) is 11.6. The molecule has 0 saturated heterocycles. The van der Waals surface area contributed by atoms with Crippen molar-refractivity contribution >= 4 is 24.0 Å². The van der Waals surface area contributed by atoms with Crippen molar-refractivity contribution in [1.82, 2.24) is 4.98 Å². The molecule has 2 rings (SSSR count). The largest absolute Gasteiger partial charge is 0.492 e. The summed E-state index contributed by atoms with van der Waals surface area (Å²) in [4.78, 5) is 16.0. The van der Waals surface area contributed by atoms with E-state index in [2.05, 4.69) is 10.3 Å². The van der Waals surface area contributed by atoms with Crippen LogP contribution in [0.1, 0.15) is 10.5 Å². The lowest BCUT2D eigenvalue weighted by Gasteiger charge is -2.08. The van der Waals surface area contributed by atoms with Crippen LogP contribution in [0.5, 0.6) is 11.6 Å². The molecule has 0 bridgehead atoms. The standard InChI is InChI=1S/C16H17F2N3O3.ClH/c17-14(18)10-24-15-3-1-2-13(21-15)16(22)20-11-4-6-12(7-5-11)23-9-8-19;/h1-7,14H,8-10,19H2,(H,20,22);1H. The number of nitrogens with zero attached hydrogens (tertiary/aromatic N) is 1. The van der Waals surface area contributed by atoms with Crippen LogP contribution in [0.25, 0.3) is 0 Å². The third-order valence-electron chi connectivity index (χ3n) is 2.81. The van der Waals surface area contributed by atoms with Crippen molar-refractivity contribution in [3.05, 3.63) is 48.2 Å². The van der Waals surface area contributed by atoms with Gasteiger partial charge in [-0.05, 0) is 30.3 Å². The molecule has 1 heterocycles. The van der Waals surface area contributed by atoms with E-state index in [9.17, 15) is 13.6 Å². The molecule has 1 aromatic carbocycles. The van der Waals surface area contributed by atoms with Crippen LogP contribution >= 0.6 is 12.4 Å². The van der Waals surface area contributed by atoms with Crippen LogP contribution < -0.4 is 20.5 Å². The fourth-order valence-corrected chi connectivity index (χ4v) is 1.78.